The van der Waals surface area contributed by atoms with Gasteiger partial charge in [-0.3, -0.25) is 0 Å². The Morgan fingerprint density at radius 3 is 2.67 bits per heavy atom. The molecule has 1 rings (SSSR count). The summed E-state index contributed by atoms with van der Waals surface area (Å²) in [6.45, 7) is 1.51. The highest BCUT2D eigenvalue weighted by Gasteiger charge is 2.12. The van der Waals surface area contributed by atoms with Crippen molar-refractivity contribution >= 4 is 0 Å². The van der Waals surface area contributed by atoms with Crippen molar-refractivity contribution in [3.8, 4) is 5.75 Å². The number of halogens is 1. The lowest BCUT2D eigenvalue weighted by Gasteiger charge is -2.19. The SMILES string of the molecule is COc1ccc(C(CO)NCCN(C)C)cc1F. The Morgan fingerprint density at radius 1 is 1.44 bits per heavy atom. The van der Waals surface area contributed by atoms with Crippen molar-refractivity contribution in [1.29, 1.82) is 0 Å². The Kier molecular flexibility index (Phi) is 6.04. The predicted octanol–water partition coefficient (Wildman–Crippen LogP) is 1.02. The number of hydrogen-bond acceptors (Lipinski definition) is 4. The van der Waals surface area contributed by atoms with Crippen LogP contribution in [0.3, 0.4) is 0 Å². The summed E-state index contributed by atoms with van der Waals surface area (Å²) in [5, 5.41) is 12.5. The largest absolute Gasteiger partial charge is 0.494 e. The quantitative estimate of drug-likeness (QED) is 0.764. The molecule has 5 heteroatoms. The molecule has 2 N–H and O–H groups in total. The normalized spacial score (nSPS) is 12.8. The Hall–Kier alpha value is -1.17. The Balaban J connectivity index is 2.67. The minimum absolute atomic E-state index is 0.0702. The second kappa shape index (κ2) is 7.31. The van der Waals surface area contributed by atoms with E-state index in [0.717, 1.165) is 18.7 Å². The van der Waals surface area contributed by atoms with Crippen LogP contribution < -0.4 is 10.1 Å². The number of benzene rings is 1. The molecule has 1 atom stereocenters. The lowest BCUT2D eigenvalue weighted by molar-refractivity contribution is 0.240. The van der Waals surface area contributed by atoms with Crippen molar-refractivity contribution in [3.05, 3.63) is 29.6 Å². The molecule has 1 aromatic carbocycles. The number of nitrogens with zero attached hydrogens (tertiary/aromatic N) is 1. The van der Waals surface area contributed by atoms with Gasteiger partial charge in [-0.25, -0.2) is 4.39 Å². The summed E-state index contributed by atoms with van der Waals surface area (Å²) in [5.74, 6) is -0.202. The maximum absolute atomic E-state index is 13.6. The highest BCUT2D eigenvalue weighted by Crippen LogP contribution is 2.21. The first-order valence-electron chi connectivity index (χ1n) is 5.91. The minimum Gasteiger partial charge on any atom is -0.494 e. The number of likely N-dealkylation sites (N-methyl/N-ethyl adjacent to an activating group) is 1. The van der Waals surface area contributed by atoms with E-state index >= 15 is 0 Å². The van der Waals surface area contributed by atoms with E-state index in [2.05, 4.69) is 5.32 Å². The van der Waals surface area contributed by atoms with Gasteiger partial charge >= 0.3 is 0 Å². The van der Waals surface area contributed by atoms with E-state index in [1.165, 1.54) is 13.2 Å². The van der Waals surface area contributed by atoms with Gasteiger partial charge in [0.15, 0.2) is 11.6 Å². The first-order valence-corrected chi connectivity index (χ1v) is 5.91. The van der Waals surface area contributed by atoms with Crippen LogP contribution in [0.5, 0.6) is 5.75 Å². The smallest absolute Gasteiger partial charge is 0.165 e. The molecule has 18 heavy (non-hydrogen) atoms. The molecule has 0 aliphatic heterocycles. The van der Waals surface area contributed by atoms with Gasteiger partial charge in [0, 0.05) is 13.1 Å². The number of methoxy groups -OCH3 is 1. The van der Waals surface area contributed by atoms with Crippen LogP contribution in [-0.4, -0.2) is 50.9 Å². The van der Waals surface area contributed by atoms with Crippen molar-refractivity contribution in [2.45, 2.75) is 6.04 Å². The van der Waals surface area contributed by atoms with Crippen LogP contribution >= 0.6 is 0 Å². The van der Waals surface area contributed by atoms with E-state index in [-0.39, 0.29) is 18.4 Å². The predicted molar refractivity (Wildman–Crippen MR) is 69.3 cm³/mol. The Bertz CT molecular complexity index is 372. The fourth-order valence-electron chi connectivity index (χ4n) is 1.65. The maximum Gasteiger partial charge on any atom is 0.165 e. The van der Waals surface area contributed by atoms with Gasteiger partial charge < -0.3 is 20.1 Å². The molecule has 0 aromatic heterocycles. The van der Waals surface area contributed by atoms with Gasteiger partial charge in [-0.05, 0) is 31.8 Å². The van der Waals surface area contributed by atoms with E-state index in [9.17, 15) is 9.50 Å². The van der Waals surface area contributed by atoms with Crippen molar-refractivity contribution in [2.75, 3.05) is 40.9 Å². The van der Waals surface area contributed by atoms with Gasteiger partial charge in [-0.2, -0.15) is 0 Å². The third kappa shape index (κ3) is 4.25. The lowest BCUT2D eigenvalue weighted by Crippen LogP contribution is -2.31. The van der Waals surface area contributed by atoms with E-state index in [1.54, 1.807) is 12.1 Å². The number of ether oxygens (including phenoxy) is 1. The summed E-state index contributed by atoms with van der Waals surface area (Å²) in [7, 11) is 5.38. The number of rotatable bonds is 7. The molecule has 0 aliphatic rings. The number of nitrogens with one attached hydrogen (secondary N) is 1. The van der Waals surface area contributed by atoms with E-state index in [1.807, 2.05) is 19.0 Å². The molecule has 0 saturated carbocycles. The molecule has 0 saturated heterocycles. The zero-order valence-electron chi connectivity index (χ0n) is 11.1. The van der Waals surface area contributed by atoms with Crippen LogP contribution in [0.1, 0.15) is 11.6 Å². The Morgan fingerprint density at radius 2 is 2.17 bits per heavy atom. The summed E-state index contributed by atoms with van der Waals surface area (Å²) in [4.78, 5) is 2.04. The average molecular weight is 256 g/mol. The molecule has 0 amide bonds. The van der Waals surface area contributed by atoms with Crippen LogP contribution in [0.25, 0.3) is 0 Å². The molecule has 1 aromatic rings. The van der Waals surface area contributed by atoms with Gasteiger partial charge in [-0.1, -0.05) is 6.07 Å². The highest BCUT2D eigenvalue weighted by molar-refractivity contribution is 5.31. The van der Waals surface area contributed by atoms with Crippen LogP contribution in [0.2, 0.25) is 0 Å². The Labute approximate surface area is 107 Å². The average Bonchev–Trinajstić information content (AvgIpc) is 2.34. The third-order valence-electron chi connectivity index (χ3n) is 2.71. The monoisotopic (exact) mass is 256 g/mol. The first-order chi connectivity index (χ1) is 8.58. The van der Waals surface area contributed by atoms with Gasteiger partial charge in [-0.15, -0.1) is 0 Å². The molecule has 0 spiro atoms. The van der Waals surface area contributed by atoms with E-state index in [4.69, 9.17) is 4.74 Å². The summed E-state index contributed by atoms with van der Waals surface area (Å²) < 4.78 is 18.4. The third-order valence-corrected chi connectivity index (χ3v) is 2.71. The summed E-state index contributed by atoms with van der Waals surface area (Å²) >= 11 is 0. The molecular formula is C13H21FN2O2. The molecular weight excluding hydrogens is 235 g/mol. The second-order valence-corrected chi connectivity index (χ2v) is 4.39. The van der Waals surface area contributed by atoms with Crippen LogP contribution in [0.4, 0.5) is 4.39 Å². The van der Waals surface area contributed by atoms with E-state index < -0.39 is 5.82 Å². The molecule has 0 aliphatic carbocycles. The fraction of sp³-hybridized carbons (Fsp3) is 0.538. The summed E-state index contributed by atoms with van der Waals surface area (Å²) in [5.41, 5.74) is 0.717. The maximum atomic E-state index is 13.6. The highest BCUT2D eigenvalue weighted by atomic mass is 19.1. The molecule has 0 radical (unpaired) electrons. The molecule has 4 nitrogen and oxygen atoms in total. The number of hydrogen-bond donors (Lipinski definition) is 2. The van der Waals surface area contributed by atoms with Gasteiger partial charge in [0.2, 0.25) is 0 Å². The summed E-state index contributed by atoms with van der Waals surface area (Å²) in [6, 6.07) is 4.46. The van der Waals surface area contributed by atoms with Gasteiger partial charge in [0.05, 0.1) is 19.8 Å². The summed E-state index contributed by atoms with van der Waals surface area (Å²) in [6.07, 6.45) is 0. The molecule has 1 unspecified atom stereocenters. The second-order valence-electron chi connectivity index (χ2n) is 4.39. The van der Waals surface area contributed by atoms with E-state index in [0.29, 0.717) is 0 Å². The molecule has 0 fully saturated rings. The minimum atomic E-state index is -0.414. The van der Waals surface area contributed by atoms with Crippen molar-refractivity contribution < 1.29 is 14.2 Å². The first kappa shape index (κ1) is 14.9. The van der Waals surface area contributed by atoms with Gasteiger partial charge in [0.1, 0.15) is 0 Å². The number of aliphatic hydroxyl groups is 1. The molecule has 0 heterocycles. The molecule has 102 valence electrons. The van der Waals surface area contributed by atoms with Crippen molar-refractivity contribution in [1.82, 2.24) is 10.2 Å². The van der Waals surface area contributed by atoms with Crippen LogP contribution in [0.15, 0.2) is 18.2 Å². The van der Waals surface area contributed by atoms with Crippen molar-refractivity contribution in [2.24, 2.45) is 0 Å². The van der Waals surface area contributed by atoms with Gasteiger partial charge in [0.25, 0.3) is 0 Å². The fourth-order valence-corrected chi connectivity index (χ4v) is 1.65. The zero-order chi connectivity index (χ0) is 13.5. The zero-order valence-corrected chi connectivity index (χ0v) is 11.1. The topological polar surface area (TPSA) is 44.7 Å². The lowest BCUT2D eigenvalue weighted by atomic mass is 10.1. The standard InChI is InChI=1S/C13H21FN2O2/c1-16(2)7-6-15-12(9-17)10-4-5-13(18-3)11(14)8-10/h4-5,8,12,15,17H,6-7,9H2,1-3H3. The van der Waals surface area contributed by atoms with Crippen LogP contribution in [0, 0.1) is 5.82 Å². The van der Waals surface area contributed by atoms with Crippen molar-refractivity contribution in [3.63, 3.8) is 0 Å². The van der Waals surface area contributed by atoms with Crippen LogP contribution in [-0.2, 0) is 0 Å². The number of aliphatic hydroxyl groups excluding tert-OH is 1. The molecule has 0 bridgehead atoms.